The Kier molecular flexibility index (Phi) is 3.43. The normalized spacial score (nSPS) is 12.9. The molecule has 2 N–H and O–H groups in total. The van der Waals surface area contributed by atoms with Gasteiger partial charge in [0.2, 0.25) is 0 Å². The lowest BCUT2D eigenvalue weighted by Gasteiger charge is -2.11. The summed E-state index contributed by atoms with van der Waals surface area (Å²) in [5.74, 6) is -0.603. The van der Waals surface area contributed by atoms with Crippen LogP contribution >= 0.6 is 0 Å². The Morgan fingerprint density at radius 3 is 2.64 bits per heavy atom. The third kappa shape index (κ3) is 2.21. The first-order chi connectivity index (χ1) is 6.56. The molecular formula is C10H13FO3. The van der Waals surface area contributed by atoms with Crippen LogP contribution in [0.25, 0.3) is 0 Å². The van der Waals surface area contributed by atoms with Gasteiger partial charge in [-0.1, -0.05) is 0 Å². The average Bonchev–Trinajstić information content (AvgIpc) is 2.10. The molecule has 0 radical (unpaired) electrons. The van der Waals surface area contributed by atoms with Gasteiger partial charge < -0.3 is 14.9 Å². The average molecular weight is 200 g/mol. The number of aliphatic hydroxyl groups excluding tert-OH is 1. The second-order valence-corrected chi connectivity index (χ2v) is 3.11. The van der Waals surface area contributed by atoms with E-state index >= 15 is 0 Å². The van der Waals surface area contributed by atoms with Gasteiger partial charge in [-0.2, -0.15) is 0 Å². The largest absolute Gasteiger partial charge is 0.507 e. The van der Waals surface area contributed by atoms with Gasteiger partial charge in [-0.15, -0.1) is 0 Å². The predicted molar refractivity (Wildman–Crippen MR) is 49.4 cm³/mol. The molecule has 0 aliphatic heterocycles. The Hall–Kier alpha value is -1.13. The first-order valence-electron chi connectivity index (χ1n) is 4.24. The van der Waals surface area contributed by atoms with Crippen LogP contribution in [0.5, 0.6) is 5.75 Å². The molecule has 1 unspecified atom stereocenters. The summed E-state index contributed by atoms with van der Waals surface area (Å²) in [5, 5.41) is 18.9. The molecule has 0 saturated carbocycles. The number of phenolic OH excluding ortho intramolecular Hbond substituents is 1. The van der Waals surface area contributed by atoms with Crippen molar-refractivity contribution in [2.24, 2.45) is 0 Å². The highest BCUT2D eigenvalue weighted by atomic mass is 19.1. The summed E-state index contributed by atoms with van der Waals surface area (Å²) in [6.07, 6.45) is -0.902. The zero-order chi connectivity index (χ0) is 10.7. The lowest BCUT2D eigenvalue weighted by molar-refractivity contribution is 0.176. The molecule has 0 aliphatic carbocycles. The molecule has 0 fully saturated rings. The molecule has 1 rings (SSSR count). The van der Waals surface area contributed by atoms with E-state index in [4.69, 9.17) is 4.74 Å². The van der Waals surface area contributed by atoms with E-state index < -0.39 is 11.9 Å². The quantitative estimate of drug-likeness (QED) is 0.781. The van der Waals surface area contributed by atoms with E-state index in [1.54, 1.807) is 0 Å². The Balaban J connectivity index is 3.18. The summed E-state index contributed by atoms with van der Waals surface area (Å²) in [6.45, 7) is 1.58. The summed E-state index contributed by atoms with van der Waals surface area (Å²) < 4.78 is 17.8. The summed E-state index contributed by atoms with van der Waals surface area (Å²) in [5.41, 5.74) is 0.514. The maximum atomic E-state index is 13.0. The Bertz CT molecular complexity index is 323. The van der Waals surface area contributed by atoms with Crippen LogP contribution in [0.2, 0.25) is 0 Å². The van der Waals surface area contributed by atoms with Crippen LogP contribution in [0.15, 0.2) is 12.1 Å². The van der Waals surface area contributed by atoms with E-state index in [1.165, 1.54) is 20.1 Å². The summed E-state index contributed by atoms with van der Waals surface area (Å²) in [4.78, 5) is 0. The summed E-state index contributed by atoms with van der Waals surface area (Å²) in [6, 6.07) is 2.30. The number of hydrogen-bond acceptors (Lipinski definition) is 3. The first-order valence-corrected chi connectivity index (χ1v) is 4.24. The molecule has 4 heteroatoms. The van der Waals surface area contributed by atoms with Gasteiger partial charge in [0, 0.05) is 18.2 Å². The fraction of sp³-hybridized carbons (Fsp3) is 0.400. The monoisotopic (exact) mass is 200 g/mol. The molecule has 78 valence electrons. The highest BCUT2D eigenvalue weighted by Crippen LogP contribution is 2.29. The van der Waals surface area contributed by atoms with Gasteiger partial charge in [-0.05, 0) is 19.1 Å². The van der Waals surface area contributed by atoms with Gasteiger partial charge in [-0.3, -0.25) is 0 Å². The molecule has 0 bridgehead atoms. The third-order valence-electron chi connectivity index (χ3n) is 1.93. The van der Waals surface area contributed by atoms with Crippen molar-refractivity contribution in [3.05, 3.63) is 29.1 Å². The molecule has 0 amide bonds. The van der Waals surface area contributed by atoms with Crippen LogP contribution in [0.4, 0.5) is 4.39 Å². The second-order valence-electron chi connectivity index (χ2n) is 3.11. The van der Waals surface area contributed by atoms with E-state index in [0.717, 1.165) is 6.07 Å². The SMILES string of the molecule is COCc1cc(F)cc(C(C)O)c1O. The van der Waals surface area contributed by atoms with E-state index in [9.17, 15) is 14.6 Å². The predicted octanol–water partition coefficient (Wildman–Crippen LogP) is 1.73. The van der Waals surface area contributed by atoms with Crippen molar-refractivity contribution >= 4 is 0 Å². The van der Waals surface area contributed by atoms with Crippen LogP contribution in [-0.4, -0.2) is 17.3 Å². The molecule has 3 nitrogen and oxygen atoms in total. The minimum atomic E-state index is -0.902. The van der Waals surface area contributed by atoms with Gasteiger partial charge >= 0.3 is 0 Å². The van der Waals surface area contributed by atoms with Crippen LogP contribution < -0.4 is 0 Å². The topological polar surface area (TPSA) is 49.7 Å². The van der Waals surface area contributed by atoms with Crippen molar-refractivity contribution in [3.63, 3.8) is 0 Å². The standard InChI is InChI=1S/C10H13FO3/c1-6(12)9-4-8(11)3-7(5-14-2)10(9)13/h3-4,6,12-13H,5H2,1-2H3. The molecule has 0 heterocycles. The number of aliphatic hydroxyl groups is 1. The zero-order valence-electron chi connectivity index (χ0n) is 8.12. The minimum Gasteiger partial charge on any atom is -0.507 e. The van der Waals surface area contributed by atoms with Gasteiger partial charge in [-0.25, -0.2) is 4.39 Å². The van der Waals surface area contributed by atoms with E-state index in [-0.39, 0.29) is 17.9 Å². The minimum absolute atomic E-state index is 0.108. The van der Waals surface area contributed by atoms with E-state index in [1.807, 2.05) is 0 Å². The number of ether oxygens (including phenoxy) is 1. The van der Waals surface area contributed by atoms with Crippen molar-refractivity contribution in [2.45, 2.75) is 19.6 Å². The number of halogens is 1. The lowest BCUT2D eigenvalue weighted by Crippen LogP contribution is -1.98. The fourth-order valence-electron chi connectivity index (χ4n) is 1.26. The third-order valence-corrected chi connectivity index (χ3v) is 1.93. The fourth-order valence-corrected chi connectivity index (χ4v) is 1.26. The zero-order valence-corrected chi connectivity index (χ0v) is 8.12. The molecule has 14 heavy (non-hydrogen) atoms. The molecule has 1 aromatic carbocycles. The summed E-state index contributed by atoms with van der Waals surface area (Å²) in [7, 11) is 1.45. The Morgan fingerprint density at radius 2 is 2.14 bits per heavy atom. The molecule has 1 aromatic rings. The van der Waals surface area contributed by atoms with Crippen molar-refractivity contribution in [3.8, 4) is 5.75 Å². The summed E-state index contributed by atoms with van der Waals surface area (Å²) >= 11 is 0. The number of benzene rings is 1. The molecule has 0 aliphatic rings. The van der Waals surface area contributed by atoms with Crippen LogP contribution in [0.3, 0.4) is 0 Å². The molecule has 0 saturated heterocycles. The van der Waals surface area contributed by atoms with Gasteiger partial charge in [0.05, 0.1) is 12.7 Å². The van der Waals surface area contributed by atoms with Gasteiger partial charge in [0.15, 0.2) is 0 Å². The molecular weight excluding hydrogens is 187 g/mol. The highest BCUT2D eigenvalue weighted by molar-refractivity contribution is 5.41. The first kappa shape index (κ1) is 10.9. The highest BCUT2D eigenvalue weighted by Gasteiger charge is 2.13. The van der Waals surface area contributed by atoms with Gasteiger partial charge in [0.25, 0.3) is 0 Å². The smallest absolute Gasteiger partial charge is 0.127 e. The number of rotatable bonds is 3. The number of aromatic hydroxyl groups is 1. The van der Waals surface area contributed by atoms with Gasteiger partial charge in [0.1, 0.15) is 11.6 Å². The van der Waals surface area contributed by atoms with E-state index in [0.29, 0.717) is 5.56 Å². The number of hydrogen-bond donors (Lipinski definition) is 2. The van der Waals surface area contributed by atoms with Crippen molar-refractivity contribution < 1.29 is 19.3 Å². The van der Waals surface area contributed by atoms with Crippen LogP contribution in [0.1, 0.15) is 24.2 Å². The van der Waals surface area contributed by atoms with Crippen LogP contribution in [-0.2, 0) is 11.3 Å². The molecule has 1 atom stereocenters. The number of phenols is 1. The Labute approximate surface area is 81.8 Å². The van der Waals surface area contributed by atoms with Crippen molar-refractivity contribution in [1.82, 2.24) is 0 Å². The van der Waals surface area contributed by atoms with Crippen molar-refractivity contribution in [1.29, 1.82) is 0 Å². The maximum Gasteiger partial charge on any atom is 0.127 e. The second kappa shape index (κ2) is 4.39. The maximum absolute atomic E-state index is 13.0. The van der Waals surface area contributed by atoms with Crippen LogP contribution in [0, 0.1) is 5.82 Å². The lowest BCUT2D eigenvalue weighted by atomic mass is 10.0. The van der Waals surface area contributed by atoms with Crippen molar-refractivity contribution in [2.75, 3.05) is 7.11 Å². The number of methoxy groups -OCH3 is 1. The van der Waals surface area contributed by atoms with E-state index in [2.05, 4.69) is 0 Å². The molecule has 0 spiro atoms. The Morgan fingerprint density at radius 1 is 1.50 bits per heavy atom. The molecule has 0 aromatic heterocycles.